The van der Waals surface area contributed by atoms with E-state index in [4.69, 9.17) is 14.6 Å². The Morgan fingerprint density at radius 2 is 2.00 bits per heavy atom. The molecule has 30 heavy (non-hydrogen) atoms. The van der Waals surface area contributed by atoms with Crippen molar-refractivity contribution in [3.8, 4) is 11.5 Å². The largest absolute Gasteiger partial charge is 0.467 e. The Hall–Kier alpha value is -2.92. The second-order valence-corrected chi connectivity index (χ2v) is 8.10. The first-order chi connectivity index (χ1) is 14.6. The Labute approximate surface area is 184 Å². The number of primary amides is 1. The molecule has 4 aromatic rings. The molecule has 0 unspecified atom stereocenters. The number of carbonyl (C=O) groups excluding carboxylic acids is 1. The standard InChI is InChI=1S/C19H17BrN6O3S/c20-14-6-2-1-5-13(14)18-24-23-17(29-18)11-30-19-25-22-16(8-7-15(21)27)26(19)10-12-4-3-9-28-12/h1-6,9H,7-8,10-11H2,(H2,21,27). The third-order valence-corrected chi connectivity index (χ3v) is 5.82. The Morgan fingerprint density at radius 3 is 2.77 bits per heavy atom. The van der Waals surface area contributed by atoms with Crippen LogP contribution >= 0.6 is 27.7 Å². The van der Waals surface area contributed by atoms with Gasteiger partial charge in [0.1, 0.15) is 11.6 Å². The van der Waals surface area contributed by atoms with Crippen molar-refractivity contribution in [2.45, 2.75) is 30.3 Å². The quantitative estimate of drug-likeness (QED) is 0.355. The molecule has 2 N–H and O–H groups in total. The smallest absolute Gasteiger partial charge is 0.248 e. The molecule has 0 aliphatic carbocycles. The molecule has 11 heteroatoms. The van der Waals surface area contributed by atoms with E-state index < -0.39 is 0 Å². The van der Waals surface area contributed by atoms with Crippen molar-refractivity contribution < 1.29 is 13.6 Å². The van der Waals surface area contributed by atoms with Gasteiger partial charge in [-0.2, -0.15) is 0 Å². The third-order valence-electron chi connectivity index (χ3n) is 4.18. The molecule has 0 aliphatic rings. The summed E-state index contributed by atoms with van der Waals surface area (Å²) in [5, 5.41) is 17.4. The van der Waals surface area contributed by atoms with Crippen molar-refractivity contribution in [3.05, 3.63) is 64.6 Å². The van der Waals surface area contributed by atoms with Crippen LogP contribution in [0.5, 0.6) is 0 Å². The molecule has 3 aromatic heterocycles. The van der Waals surface area contributed by atoms with Gasteiger partial charge in [0.15, 0.2) is 5.16 Å². The molecule has 0 bridgehead atoms. The van der Waals surface area contributed by atoms with E-state index in [9.17, 15) is 4.79 Å². The molecule has 0 aliphatic heterocycles. The highest BCUT2D eigenvalue weighted by Gasteiger charge is 2.17. The topological polar surface area (TPSA) is 126 Å². The van der Waals surface area contributed by atoms with Gasteiger partial charge in [0.2, 0.25) is 17.7 Å². The molecule has 1 amide bonds. The summed E-state index contributed by atoms with van der Waals surface area (Å²) in [6.45, 7) is 0.447. The zero-order chi connectivity index (χ0) is 20.9. The van der Waals surface area contributed by atoms with Gasteiger partial charge in [0.05, 0.1) is 24.1 Å². The number of benzene rings is 1. The Kier molecular flexibility index (Phi) is 6.29. The first-order valence-electron chi connectivity index (χ1n) is 9.03. The molecule has 0 atom stereocenters. The molecule has 0 radical (unpaired) electrons. The zero-order valence-electron chi connectivity index (χ0n) is 15.7. The number of nitrogens with two attached hydrogens (primary N) is 1. The number of amides is 1. The molecular weight excluding hydrogens is 472 g/mol. The second kappa shape index (κ2) is 9.26. The summed E-state index contributed by atoms with van der Waals surface area (Å²) < 4.78 is 14.0. The number of rotatable bonds is 9. The van der Waals surface area contributed by atoms with E-state index in [1.807, 2.05) is 41.0 Å². The first kappa shape index (κ1) is 20.4. The van der Waals surface area contributed by atoms with Crippen LogP contribution in [0.3, 0.4) is 0 Å². The number of hydrogen-bond acceptors (Lipinski definition) is 8. The van der Waals surface area contributed by atoms with Crippen molar-refractivity contribution in [2.24, 2.45) is 5.73 Å². The number of aromatic nitrogens is 5. The lowest BCUT2D eigenvalue weighted by Crippen LogP contribution is -2.14. The predicted molar refractivity (Wildman–Crippen MR) is 112 cm³/mol. The lowest BCUT2D eigenvalue weighted by atomic mass is 10.2. The van der Waals surface area contributed by atoms with Gasteiger partial charge in [0.25, 0.3) is 0 Å². The molecule has 0 fully saturated rings. The van der Waals surface area contributed by atoms with Gasteiger partial charge in [-0.25, -0.2) is 0 Å². The highest BCUT2D eigenvalue weighted by atomic mass is 79.9. The van der Waals surface area contributed by atoms with Crippen molar-refractivity contribution in [3.63, 3.8) is 0 Å². The molecular formula is C19H17BrN6O3S. The number of thioether (sulfide) groups is 1. The summed E-state index contributed by atoms with van der Waals surface area (Å²) in [4.78, 5) is 11.2. The maximum atomic E-state index is 11.2. The first-order valence-corrected chi connectivity index (χ1v) is 10.8. The average molecular weight is 489 g/mol. The molecule has 1 aromatic carbocycles. The van der Waals surface area contributed by atoms with Crippen molar-refractivity contribution in [1.82, 2.24) is 25.0 Å². The maximum absolute atomic E-state index is 11.2. The Morgan fingerprint density at radius 1 is 1.13 bits per heavy atom. The van der Waals surface area contributed by atoms with E-state index in [1.165, 1.54) is 11.8 Å². The number of furan rings is 1. The van der Waals surface area contributed by atoms with Crippen LogP contribution < -0.4 is 5.73 Å². The highest BCUT2D eigenvalue weighted by Crippen LogP contribution is 2.29. The van der Waals surface area contributed by atoms with Gasteiger partial charge >= 0.3 is 0 Å². The monoisotopic (exact) mass is 488 g/mol. The van der Waals surface area contributed by atoms with E-state index in [2.05, 4.69) is 36.3 Å². The molecule has 4 rings (SSSR count). The second-order valence-electron chi connectivity index (χ2n) is 6.30. The lowest BCUT2D eigenvalue weighted by molar-refractivity contribution is -0.118. The van der Waals surface area contributed by atoms with E-state index in [0.717, 1.165) is 15.8 Å². The van der Waals surface area contributed by atoms with E-state index in [-0.39, 0.29) is 12.3 Å². The van der Waals surface area contributed by atoms with Crippen LogP contribution in [0.2, 0.25) is 0 Å². The lowest BCUT2D eigenvalue weighted by Gasteiger charge is -2.07. The number of hydrogen-bond donors (Lipinski definition) is 1. The van der Waals surface area contributed by atoms with Crippen LogP contribution in [-0.4, -0.2) is 30.9 Å². The van der Waals surface area contributed by atoms with Crippen LogP contribution in [0.1, 0.15) is 23.9 Å². The minimum absolute atomic E-state index is 0.194. The SMILES string of the molecule is NC(=O)CCc1nnc(SCc2nnc(-c3ccccc3Br)o2)n1Cc1ccco1. The predicted octanol–water partition coefficient (Wildman–Crippen LogP) is 3.44. The van der Waals surface area contributed by atoms with Crippen LogP contribution in [-0.2, 0) is 23.5 Å². The van der Waals surface area contributed by atoms with Gasteiger partial charge in [-0.05, 0) is 40.2 Å². The summed E-state index contributed by atoms with van der Waals surface area (Å²) in [6, 6.07) is 11.3. The van der Waals surface area contributed by atoms with E-state index >= 15 is 0 Å². The van der Waals surface area contributed by atoms with Crippen LogP contribution in [0.4, 0.5) is 0 Å². The van der Waals surface area contributed by atoms with Gasteiger partial charge in [-0.3, -0.25) is 9.36 Å². The van der Waals surface area contributed by atoms with Crippen molar-refractivity contribution >= 4 is 33.6 Å². The molecule has 9 nitrogen and oxygen atoms in total. The van der Waals surface area contributed by atoms with E-state index in [0.29, 0.717) is 41.5 Å². The van der Waals surface area contributed by atoms with Crippen molar-refractivity contribution in [2.75, 3.05) is 0 Å². The van der Waals surface area contributed by atoms with Gasteiger partial charge < -0.3 is 14.6 Å². The molecule has 154 valence electrons. The molecule has 0 saturated carbocycles. The molecule has 0 spiro atoms. The number of halogens is 1. The number of carbonyl (C=O) groups is 1. The van der Waals surface area contributed by atoms with E-state index in [1.54, 1.807) is 6.26 Å². The van der Waals surface area contributed by atoms with Crippen LogP contribution in [0.25, 0.3) is 11.5 Å². The summed E-state index contributed by atoms with van der Waals surface area (Å²) in [5.41, 5.74) is 6.11. The summed E-state index contributed by atoms with van der Waals surface area (Å²) in [7, 11) is 0. The number of nitrogens with zero attached hydrogens (tertiary/aromatic N) is 5. The van der Waals surface area contributed by atoms with Crippen LogP contribution in [0.15, 0.2) is 61.1 Å². The fourth-order valence-corrected chi connectivity index (χ4v) is 3.99. The fraction of sp³-hybridized carbons (Fsp3) is 0.211. The maximum Gasteiger partial charge on any atom is 0.248 e. The minimum Gasteiger partial charge on any atom is -0.467 e. The zero-order valence-corrected chi connectivity index (χ0v) is 18.1. The number of aryl methyl sites for hydroxylation is 1. The third kappa shape index (κ3) is 4.79. The minimum atomic E-state index is -0.387. The Bertz CT molecular complexity index is 1140. The summed E-state index contributed by atoms with van der Waals surface area (Å²) in [5.74, 6) is 2.36. The normalized spacial score (nSPS) is 11.1. The van der Waals surface area contributed by atoms with Crippen molar-refractivity contribution in [1.29, 1.82) is 0 Å². The van der Waals surface area contributed by atoms with Gasteiger partial charge in [-0.15, -0.1) is 20.4 Å². The molecule has 0 saturated heterocycles. The van der Waals surface area contributed by atoms with Gasteiger partial charge in [0, 0.05) is 17.3 Å². The average Bonchev–Trinajstić information content (AvgIpc) is 3.47. The Balaban J connectivity index is 1.50. The summed E-state index contributed by atoms with van der Waals surface area (Å²) >= 11 is 4.90. The highest BCUT2D eigenvalue weighted by molar-refractivity contribution is 9.10. The fourth-order valence-electron chi connectivity index (χ4n) is 2.74. The molecule has 3 heterocycles. The summed E-state index contributed by atoms with van der Waals surface area (Å²) in [6.07, 6.45) is 2.20. The van der Waals surface area contributed by atoms with Gasteiger partial charge in [-0.1, -0.05) is 23.9 Å². The van der Waals surface area contributed by atoms with Crippen LogP contribution in [0, 0.1) is 0 Å².